The summed E-state index contributed by atoms with van der Waals surface area (Å²) in [4.78, 5) is 15.9. The van der Waals surface area contributed by atoms with Gasteiger partial charge >= 0.3 is 0 Å². The van der Waals surface area contributed by atoms with Crippen LogP contribution in [0.4, 0.5) is 0 Å². The molecule has 2 heterocycles. The third-order valence-electron chi connectivity index (χ3n) is 4.25. The number of carbonyl (C=O) groups is 1. The molecule has 1 saturated heterocycles. The van der Waals surface area contributed by atoms with Gasteiger partial charge in [-0.25, -0.2) is 4.98 Å². The van der Waals surface area contributed by atoms with Crippen molar-refractivity contribution in [2.75, 3.05) is 13.2 Å². The number of rotatable bonds is 8. The van der Waals surface area contributed by atoms with Crippen LogP contribution in [0, 0.1) is 0 Å². The van der Waals surface area contributed by atoms with Gasteiger partial charge in [0.2, 0.25) is 5.91 Å². The van der Waals surface area contributed by atoms with Crippen LogP contribution in [0.15, 0.2) is 24.5 Å². The van der Waals surface area contributed by atoms with Crippen LogP contribution in [-0.4, -0.2) is 34.7 Å². The van der Waals surface area contributed by atoms with Gasteiger partial charge in [0.25, 0.3) is 0 Å². The van der Waals surface area contributed by atoms with E-state index < -0.39 is 0 Å². The first-order valence-corrected chi connectivity index (χ1v) is 9.40. The van der Waals surface area contributed by atoms with E-state index in [1.165, 1.54) is 0 Å². The Kier molecular flexibility index (Phi) is 6.04. The lowest BCUT2D eigenvalue weighted by Crippen LogP contribution is -2.29. The van der Waals surface area contributed by atoms with Crippen LogP contribution in [0.5, 0.6) is 11.5 Å². The average molecular weight is 378 g/mol. The molecule has 1 aromatic carbocycles. The van der Waals surface area contributed by atoms with Gasteiger partial charge in [-0.2, -0.15) is 0 Å². The molecule has 1 aliphatic heterocycles. The predicted octanol–water partition coefficient (Wildman–Crippen LogP) is 3.67. The van der Waals surface area contributed by atoms with Crippen molar-refractivity contribution < 1.29 is 14.3 Å². The van der Waals surface area contributed by atoms with Gasteiger partial charge in [-0.1, -0.05) is 18.5 Å². The summed E-state index contributed by atoms with van der Waals surface area (Å²) in [5.74, 6) is 2.15. The van der Waals surface area contributed by atoms with Gasteiger partial charge in [0.05, 0.1) is 18.2 Å². The Hall–Kier alpha value is -2.21. The fourth-order valence-corrected chi connectivity index (χ4v) is 3.29. The highest BCUT2D eigenvalue weighted by Gasteiger charge is 2.23. The topological polar surface area (TPSA) is 65.4 Å². The van der Waals surface area contributed by atoms with E-state index in [0.29, 0.717) is 42.7 Å². The lowest BCUT2D eigenvalue weighted by molar-refractivity contribution is -0.119. The van der Waals surface area contributed by atoms with E-state index in [4.69, 9.17) is 21.1 Å². The monoisotopic (exact) mass is 377 g/mol. The summed E-state index contributed by atoms with van der Waals surface area (Å²) in [7, 11) is 0. The molecule has 1 aliphatic rings. The van der Waals surface area contributed by atoms with Crippen LogP contribution in [-0.2, 0) is 11.3 Å². The van der Waals surface area contributed by atoms with Gasteiger partial charge in [0, 0.05) is 43.0 Å². The average Bonchev–Trinajstić information content (AvgIpc) is 3.24. The first kappa shape index (κ1) is 18.6. The van der Waals surface area contributed by atoms with Crippen molar-refractivity contribution >= 4 is 17.5 Å². The number of hydrogen-bond donors (Lipinski definition) is 1. The van der Waals surface area contributed by atoms with E-state index in [9.17, 15) is 4.79 Å². The van der Waals surface area contributed by atoms with Gasteiger partial charge in [0.1, 0.15) is 5.82 Å². The summed E-state index contributed by atoms with van der Waals surface area (Å²) in [6.45, 7) is 5.78. The van der Waals surface area contributed by atoms with Gasteiger partial charge in [-0.3, -0.25) is 4.79 Å². The number of ether oxygens (including phenoxy) is 2. The molecule has 0 aliphatic carbocycles. The van der Waals surface area contributed by atoms with Gasteiger partial charge in [-0.05, 0) is 25.8 Å². The third kappa shape index (κ3) is 4.12. The summed E-state index contributed by atoms with van der Waals surface area (Å²) in [5.41, 5.74) is 0.785. The number of aromatic nitrogens is 2. The molecule has 3 rings (SSSR count). The fraction of sp³-hybridized carbons (Fsp3) is 0.474. The largest absolute Gasteiger partial charge is 0.490 e. The van der Waals surface area contributed by atoms with Crippen molar-refractivity contribution in [3.05, 3.63) is 29.5 Å². The van der Waals surface area contributed by atoms with Crippen molar-refractivity contribution in [3.63, 3.8) is 0 Å². The number of benzene rings is 1. The SMILES string of the molecule is CCCOc1cc(Cl)c(-c2nccn2CC2CCC(=O)N2)cc1OCC. The molecule has 0 bridgehead atoms. The molecule has 140 valence electrons. The molecule has 2 aromatic rings. The number of amides is 1. The molecule has 26 heavy (non-hydrogen) atoms. The molecule has 1 unspecified atom stereocenters. The minimum Gasteiger partial charge on any atom is -0.490 e. The highest BCUT2D eigenvalue weighted by Crippen LogP contribution is 2.38. The van der Waals surface area contributed by atoms with Gasteiger partial charge < -0.3 is 19.4 Å². The Morgan fingerprint density at radius 3 is 2.81 bits per heavy atom. The van der Waals surface area contributed by atoms with E-state index in [1.807, 2.05) is 23.8 Å². The van der Waals surface area contributed by atoms with Crippen molar-refractivity contribution in [2.24, 2.45) is 0 Å². The molecule has 0 radical (unpaired) electrons. The van der Waals surface area contributed by atoms with Crippen molar-refractivity contribution in [2.45, 2.75) is 45.7 Å². The van der Waals surface area contributed by atoms with Crippen molar-refractivity contribution in [1.29, 1.82) is 0 Å². The Morgan fingerprint density at radius 1 is 1.31 bits per heavy atom. The quantitative estimate of drug-likeness (QED) is 0.762. The van der Waals surface area contributed by atoms with Crippen LogP contribution in [0.1, 0.15) is 33.1 Å². The first-order chi connectivity index (χ1) is 12.6. The number of hydrogen-bond acceptors (Lipinski definition) is 4. The summed E-state index contributed by atoms with van der Waals surface area (Å²) < 4.78 is 13.5. The molecular weight excluding hydrogens is 354 g/mol. The molecule has 1 amide bonds. The fourth-order valence-electron chi connectivity index (χ4n) is 3.05. The van der Waals surface area contributed by atoms with Crippen LogP contribution in [0.25, 0.3) is 11.4 Å². The summed E-state index contributed by atoms with van der Waals surface area (Å²) >= 11 is 6.53. The van der Waals surface area contributed by atoms with Crippen molar-refractivity contribution in [3.8, 4) is 22.9 Å². The maximum absolute atomic E-state index is 11.4. The normalized spacial score (nSPS) is 16.6. The number of nitrogens with one attached hydrogen (secondary N) is 1. The highest BCUT2D eigenvalue weighted by atomic mass is 35.5. The van der Waals surface area contributed by atoms with E-state index in [-0.39, 0.29) is 11.9 Å². The Morgan fingerprint density at radius 2 is 2.12 bits per heavy atom. The summed E-state index contributed by atoms with van der Waals surface area (Å²) in [5, 5.41) is 3.54. The van der Waals surface area contributed by atoms with E-state index in [0.717, 1.165) is 24.2 Å². The zero-order chi connectivity index (χ0) is 18.5. The predicted molar refractivity (Wildman–Crippen MR) is 101 cm³/mol. The second-order valence-electron chi connectivity index (χ2n) is 6.27. The molecular formula is C19H24ClN3O3. The number of nitrogens with zero attached hydrogens (tertiary/aromatic N) is 2. The van der Waals surface area contributed by atoms with E-state index in [1.54, 1.807) is 12.3 Å². The highest BCUT2D eigenvalue weighted by molar-refractivity contribution is 6.33. The van der Waals surface area contributed by atoms with E-state index in [2.05, 4.69) is 17.2 Å². The second-order valence-corrected chi connectivity index (χ2v) is 6.67. The van der Waals surface area contributed by atoms with E-state index >= 15 is 0 Å². The van der Waals surface area contributed by atoms with Crippen LogP contribution < -0.4 is 14.8 Å². The molecule has 0 spiro atoms. The Labute approximate surface area is 158 Å². The van der Waals surface area contributed by atoms with Gasteiger partial charge in [0.15, 0.2) is 11.5 Å². The molecule has 1 N–H and O–H groups in total. The Balaban J connectivity index is 1.90. The zero-order valence-corrected chi connectivity index (χ0v) is 15.9. The molecule has 7 heteroatoms. The third-order valence-corrected chi connectivity index (χ3v) is 4.57. The molecule has 0 saturated carbocycles. The second kappa shape index (κ2) is 8.45. The minimum absolute atomic E-state index is 0.103. The molecule has 1 atom stereocenters. The van der Waals surface area contributed by atoms with Crippen molar-refractivity contribution in [1.82, 2.24) is 14.9 Å². The molecule has 1 fully saturated rings. The lowest BCUT2D eigenvalue weighted by Gasteiger charge is -2.17. The minimum atomic E-state index is 0.103. The lowest BCUT2D eigenvalue weighted by atomic mass is 10.1. The number of imidazole rings is 1. The Bertz CT molecular complexity index is 775. The summed E-state index contributed by atoms with van der Waals surface area (Å²) in [6, 6.07) is 3.78. The van der Waals surface area contributed by atoms with Gasteiger partial charge in [-0.15, -0.1) is 0 Å². The zero-order valence-electron chi connectivity index (χ0n) is 15.1. The summed E-state index contributed by atoms with van der Waals surface area (Å²) in [6.07, 6.45) is 5.95. The number of halogens is 1. The standard InChI is InChI=1S/C19H24ClN3O3/c1-3-9-26-17-11-15(20)14(10-16(17)25-4-2)19-21-7-8-23(19)12-13-5-6-18(24)22-13/h7-8,10-11,13H,3-6,9,12H2,1-2H3,(H,22,24). The smallest absolute Gasteiger partial charge is 0.220 e. The molecule has 6 nitrogen and oxygen atoms in total. The maximum atomic E-state index is 11.4. The van der Waals surface area contributed by atoms with Crippen LogP contribution in [0.2, 0.25) is 5.02 Å². The molecule has 1 aromatic heterocycles. The van der Waals surface area contributed by atoms with Crippen LogP contribution >= 0.6 is 11.6 Å². The first-order valence-electron chi connectivity index (χ1n) is 9.02. The maximum Gasteiger partial charge on any atom is 0.220 e. The number of carbonyl (C=O) groups excluding carboxylic acids is 1. The van der Waals surface area contributed by atoms with Crippen LogP contribution in [0.3, 0.4) is 0 Å².